The molecule has 1 aromatic rings. The van der Waals surface area contributed by atoms with Crippen LogP contribution in [0.25, 0.3) is 0 Å². The Labute approximate surface area is 145 Å². The third kappa shape index (κ3) is 3.35. The van der Waals surface area contributed by atoms with E-state index >= 15 is 0 Å². The number of aliphatic hydroxyl groups excluding tert-OH is 1. The zero-order chi connectivity index (χ0) is 18.0. The number of para-hydroxylation sites is 1. The summed E-state index contributed by atoms with van der Waals surface area (Å²) in [6, 6.07) is 5.83. The number of ether oxygens (including phenoxy) is 1. The molecule has 0 unspecified atom stereocenters. The molecule has 2 aliphatic heterocycles. The summed E-state index contributed by atoms with van der Waals surface area (Å²) in [6.07, 6.45) is -0.548. The lowest BCUT2D eigenvalue weighted by molar-refractivity contribution is -0.120. The summed E-state index contributed by atoms with van der Waals surface area (Å²) in [5.74, 6) is -0.608. The van der Waals surface area contributed by atoms with Crippen molar-refractivity contribution in [2.75, 3.05) is 31.2 Å². The van der Waals surface area contributed by atoms with Crippen molar-refractivity contribution in [2.45, 2.75) is 25.5 Å². The van der Waals surface area contributed by atoms with Crippen LogP contribution in [0, 0.1) is 0 Å². The Kier molecular flexibility index (Phi) is 5.00. The van der Waals surface area contributed by atoms with E-state index in [4.69, 9.17) is 4.74 Å². The standard InChI is InChI=1S/C17H21N3O5/c1-2-19(13-9-25-10-14(13)21)16(23)11-5-3-4-6-12(11)20-8-7-15(22)18-17(20)24/h3-6,13-14,21H,2,7-10H2,1H3,(H,18,22,24)/t13-,14-/m0/s1. The molecule has 134 valence electrons. The van der Waals surface area contributed by atoms with Gasteiger partial charge in [-0.3, -0.25) is 19.8 Å². The summed E-state index contributed by atoms with van der Waals surface area (Å²) < 4.78 is 5.26. The van der Waals surface area contributed by atoms with Crippen LogP contribution in [-0.2, 0) is 9.53 Å². The van der Waals surface area contributed by atoms with Gasteiger partial charge in [0, 0.05) is 19.5 Å². The van der Waals surface area contributed by atoms with E-state index < -0.39 is 18.2 Å². The van der Waals surface area contributed by atoms with Gasteiger partial charge in [0.05, 0.1) is 36.6 Å². The topological polar surface area (TPSA) is 99.2 Å². The molecule has 3 rings (SSSR count). The van der Waals surface area contributed by atoms with Gasteiger partial charge in [-0.2, -0.15) is 0 Å². The number of hydrogen-bond acceptors (Lipinski definition) is 5. The van der Waals surface area contributed by atoms with Gasteiger partial charge in [0.1, 0.15) is 0 Å². The van der Waals surface area contributed by atoms with E-state index in [9.17, 15) is 19.5 Å². The maximum Gasteiger partial charge on any atom is 0.328 e. The first-order valence-corrected chi connectivity index (χ1v) is 8.30. The van der Waals surface area contributed by atoms with E-state index in [1.165, 1.54) is 4.90 Å². The Hall–Kier alpha value is -2.45. The lowest BCUT2D eigenvalue weighted by Gasteiger charge is -2.32. The molecule has 2 aliphatic rings. The maximum absolute atomic E-state index is 13.1. The molecule has 0 radical (unpaired) electrons. The average Bonchev–Trinajstić information content (AvgIpc) is 3.01. The third-order valence-electron chi connectivity index (χ3n) is 4.50. The SMILES string of the molecule is CCN(C(=O)c1ccccc1N1CCC(=O)NC1=O)[C@H]1COC[C@@H]1O. The molecular formula is C17H21N3O5. The number of carbonyl (C=O) groups excluding carboxylic acids is 3. The van der Waals surface area contributed by atoms with E-state index in [0.717, 1.165) is 0 Å². The predicted octanol–water partition coefficient (Wildman–Crippen LogP) is 0.355. The van der Waals surface area contributed by atoms with Crippen LogP contribution < -0.4 is 10.2 Å². The summed E-state index contributed by atoms with van der Waals surface area (Å²) in [5.41, 5.74) is 0.803. The molecule has 8 nitrogen and oxygen atoms in total. The Bertz CT molecular complexity index is 693. The number of nitrogens with one attached hydrogen (secondary N) is 1. The minimum atomic E-state index is -0.730. The number of benzene rings is 1. The van der Waals surface area contributed by atoms with E-state index in [1.807, 2.05) is 6.92 Å². The molecule has 2 N–H and O–H groups in total. The van der Waals surface area contributed by atoms with Crippen LogP contribution in [0.4, 0.5) is 10.5 Å². The van der Waals surface area contributed by atoms with Crippen LogP contribution in [0.5, 0.6) is 0 Å². The molecular weight excluding hydrogens is 326 g/mol. The molecule has 0 spiro atoms. The number of aliphatic hydroxyl groups is 1. The highest BCUT2D eigenvalue weighted by Gasteiger charge is 2.36. The molecule has 0 bridgehead atoms. The van der Waals surface area contributed by atoms with Crippen molar-refractivity contribution in [3.63, 3.8) is 0 Å². The lowest BCUT2D eigenvalue weighted by atomic mass is 10.1. The number of hydrogen-bond donors (Lipinski definition) is 2. The Balaban J connectivity index is 1.90. The van der Waals surface area contributed by atoms with Gasteiger partial charge in [-0.25, -0.2) is 4.79 Å². The average molecular weight is 347 g/mol. The zero-order valence-electron chi connectivity index (χ0n) is 14.0. The predicted molar refractivity (Wildman–Crippen MR) is 89.3 cm³/mol. The van der Waals surface area contributed by atoms with E-state index in [0.29, 0.717) is 17.8 Å². The van der Waals surface area contributed by atoms with Gasteiger partial charge in [-0.15, -0.1) is 0 Å². The van der Waals surface area contributed by atoms with Gasteiger partial charge in [0.15, 0.2) is 0 Å². The highest BCUT2D eigenvalue weighted by atomic mass is 16.5. The van der Waals surface area contributed by atoms with Crippen LogP contribution in [0.2, 0.25) is 0 Å². The van der Waals surface area contributed by atoms with Crippen molar-refractivity contribution in [3.8, 4) is 0 Å². The summed E-state index contributed by atoms with van der Waals surface area (Å²) in [6.45, 7) is 2.94. The highest BCUT2D eigenvalue weighted by Crippen LogP contribution is 2.25. The number of carbonyl (C=O) groups is 3. The van der Waals surface area contributed by atoms with Gasteiger partial charge in [-0.1, -0.05) is 12.1 Å². The van der Waals surface area contributed by atoms with Gasteiger partial charge in [-0.05, 0) is 19.1 Å². The van der Waals surface area contributed by atoms with Crippen LogP contribution >= 0.6 is 0 Å². The molecule has 8 heteroatoms. The first-order chi connectivity index (χ1) is 12.0. The van der Waals surface area contributed by atoms with Gasteiger partial charge in [0.25, 0.3) is 5.91 Å². The fourth-order valence-electron chi connectivity index (χ4n) is 3.20. The second-order valence-corrected chi connectivity index (χ2v) is 6.04. The summed E-state index contributed by atoms with van der Waals surface area (Å²) in [7, 11) is 0. The summed E-state index contributed by atoms with van der Waals surface area (Å²) in [5, 5.41) is 12.3. The molecule has 4 amide bonds. The Morgan fingerprint density at radius 1 is 1.36 bits per heavy atom. The molecule has 1 aromatic carbocycles. The number of likely N-dealkylation sites (N-methyl/N-ethyl adjacent to an activating group) is 1. The first kappa shape index (κ1) is 17.4. The quantitative estimate of drug-likeness (QED) is 0.819. The molecule has 25 heavy (non-hydrogen) atoms. The van der Waals surface area contributed by atoms with Crippen LogP contribution in [0.3, 0.4) is 0 Å². The first-order valence-electron chi connectivity index (χ1n) is 8.30. The Morgan fingerprint density at radius 2 is 2.12 bits per heavy atom. The fourth-order valence-corrected chi connectivity index (χ4v) is 3.20. The maximum atomic E-state index is 13.1. The molecule has 0 saturated carbocycles. The second-order valence-electron chi connectivity index (χ2n) is 6.04. The number of imide groups is 1. The number of urea groups is 1. The monoisotopic (exact) mass is 347 g/mol. The van der Waals surface area contributed by atoms with Crippen molar-refractivity contribution >= 4 is 23.5 Å². The molecule has 0 aromatic heterocycles. The van der Waals surface area contributed by atoms with E-state index in [1.54, 1.807) is 29.2 Å². The number of amides is 4. The zero-order valence-corrected chi connectivity index (χ0v) is 14.0. The number of nitrogens with zero attached hydrogens (tertiary/aromatic N) is 2. The Morgan fingerprint density at radius 3 is 2.76 bits per heavy atom. The van der Waals surface area contributed by atoms with E-state index in [-0.39, 0.29) is 38.0 Å². The summed E-state index contributed by atoms with van der Waals surface area (Å²) >= 11 is 0. The van der Waals surface area contributed by atoms with Crippen molar-refractivity contribution in [3.05, 3.63) is 29.8 Å². The molecule has 0 aliphatic carbocycles. The molecule has 2 atom stereocenters. The minimum absolute atomic E-state index is 0.181. The second kappa shape index (κ2) is 7.20. The highest BCUT2D eigenvalue weighted by molar-refractivity contribution is 6.09. The van der Waals surface area contributed by atoms with Crippen molar-refractivity contribution in [2.24, 2.45) is 0 Å². The normalized spacial score (nSPS) is 23.5. The van der Waals surface area contributed by atoms with Gasteiger partial charge < -0.3 is 14.7 Å². The van der Waals surface area contributed by atoms with Crippen molar-refractivity contribution in [1.29, 1.82) is 0 Å². The van der Waals surface area contributed by atoms with Crippen molar-refractivity contribution < 1.29 is 24.2 Å². The van der Waals surface area contributed by atoms with Gasteiger partial charge >= 0.3 is 6.03 Å². The fraction of sp³-hybridized carbons (Fsp3) is 0.471. The summed E-state index contributed by atoms with van der Waals surface area (Å²) in [4.78, 5) is 39.5. The lowest BCUT2D eigenvalue weighted by Crippen LogP contribution is -2.51. The van der Waals surface area contributed by atoms with Gasteiger partial charge in [0.2, 0.25) is 5.91 Å². The third-order valence-corrected chi connectivity index (χ3v) is 4.50. The minimum Gasteiger partial charge on any atom is -0.388 e. The van der Waals surface area contributed by atoms with Crippen LogP contribution in [0.15, 0.2) is 24.3 Å². The van der Waals surface area contributed by atoms with Crippen molar-refractivity contribution in [1.82, 2.24) is 10.2 Å². The van der Waals surface area contributed by atoms with Crippen LogP contribution in [-0.4, -0.2) is 66.3 Å². The largest absolute Gasteiger partial charge is 0.388 e. The molecule has 2 heterocycles. The van der Waals surface area contributed by atoms with Crippen LogP contribution in [0.1, 0.15) is 23.7 Å². The molecule has 2 saturated heterocycles. The number of anilines is 1. The molecule has 2 fully saturated rings. The smallest absolute Gasteiger partial charge is 0.328 e. The number of rotatable bonds is 4. The van der Waals surface area contributed by atoms with E-state index in [2.05, 4.69) is 5.32 Å².